The van der Waals surface area contributed by atoms with Crippen LogP contribution in [0, 0.1) is 11.3 Å². The molecule has 0 radical (unpaired) electrons. The van der Waals surface area contributed by atoms with Gasteiger partial charge in [0.25, 0.3) is 5.91 Å². The molecule has 1 aromatic carbocycles. The van der Waals surface area contributed by atoms with E-state index >= 15 is 0 Å². The second-order valence-electron chi connectivity index (χ2n) is 4.88. The molecule has 0 atom stereocenters. The van der Waals surface area contributed by atoms with Crippen LogP contribution in [0.3, 0.4) is 0 Å². The van der Waals surface area contributed by atoms with Gasteiger partial charge < -0.3 is 4.90 Å². The van der Waals surface area contributed by atoms with E-state index in [0.717, 1.165) is 38.3 Å². The largest absolute Gasteiger partial charge is 0.336 e. The Balaban J connectivity index is 1.93. The molecule has 1 aliphatic rings. The van der Waals surface area contributed by atoms with Gasteiger partial charge in [0.1, 0.15) is 0 Å². The molecule has 4 nitrogen and oxygen atoms in total. The molecule has 0 unspecified atom stereocenters. The molecule has 0 aromatic heterocycles. The lowest BCUT2D eigenvalue weighted by Gasteiger charge is -2.34. The van der Waals surface area contributed by atoms with Crippen LogP contribution in [-0.2, 0) is 5.88 Å². The van der Waals surface area contributed by atoms with E-state index in [1.54, 1.807) is 0 Å². The maximum Gasteiger partial charge on any atom is 0.253 e. The molecule has 1 heterocycles. The molecule has 1 aromatic rings. The summed E-state index contributed by atoms with van der Waals surface area (Å²) in [6.07, 6.45) is 0.547. The van der Waals surface area contributed by atoms with Crippen molar-refractivity contribution in [3.8, 4) is 6.07 Å². The van der Waals surface area contributed by atoms with Crippen LogP contribution in [0.1, 0.15) is 22.3 Å². The zero-order valence-corrected chi connectivity index (χ0v) is 12.1. The fraction of sp³-hybridized carbons (Fsp3) is 0.467. The van der Waals surface area contributed by atoms with E-state index in [1.165, 1.54) is 0 Å². The Hall–Kier alpha value is -1.57. The van der Waals surface area contributed by atoms with Crippen molar-refractivity contribution in [3.63, 3.8) is 0 Å². The number of carbonyl (C=O) groups excluding carboxylic acids is 1. The number of nitrogens with zero attached hydrogens (tertiary/aromatic N) is 3. The third-order valence-corrected chi connectivity index (χ3v) is 3.84. The number of hydrogen-bond donors (Lipinski definition) is 0. The minimum absolute atomic E-state index is 0.0666. The molecule has 0 bridgehead atoms. The number of carbonyl (C=O) groups is 1. The standard InChI is InChI=1S/C15H18ClN3O/c16-12-13-3-1-4-14(11-13)15(20)19-9-7-18(8-10-19)6-2-5-17/h1,3-4,11H,2,6-10,12H2. The highest BCUT2D eigenvalue weighted by Crippen LogP contribution is 2.12. The SMILES string of the molecule is N#CCCN1CCN(C(=O)c2cccc(CCl)c2)CC1. The Labute approximate surface area is 124 Å². The van der Waals surface area contributed by atoms with Crippen LogP contribution < -0.4 is 0 Å². The predicted octanol–water partition coefficient (Wildman–Crippen LogP) is 2.10. The summed E-state index contributed by atoms with van der Waals surface area (Å²) in [5.41, 5.74) is 1.67. The molecular formula is C15H18ClN3O. The number of benzene rings is 1. The zero-order valence-electron chi connectivity index (χ0n) is 11.4. The summed E-state index contributed by atoms with van der Waals surface area (Å²) in [7, 11) is 0. The zero-order chi connectivity index (χ0) is 14.4. The summed E-state index contributed by atoms with van der Waals surface area (Å²) in [5, 5.41) is 8.58. The van der Waals surface area contributed by atoms with Gasteiger partial charge in [-0.05, 0) is 17.7 Å². The average Bonchev–Trinajstić information content (AvgIpc) is 2.52. The summed E-state index contributed by atoms with van der Waals surface area (Å²) in [5.74, 6) is 0.486. The van der Waals surface area contributed by atoms with Crippen LogP contribution in [0.4, 0.5) is 0 Å². The van der Waals surface area contributed by atoms with Gasteiger partial charge in [0.15, 0.2) is 0 Å². The predicted molar refractivity (Wildman–Crippen MR) is 78.6 cm³/mol. The van der Waals surface area contributed by atoms with Gasteiger partial charge in [-0.1, -0.05) is 12.1 Å². The van der Waals surface area contributed by atoms with Crippen LogP contribution in [0.25, 0.3) is 0 Å². The monoisotopic (exact) mass is 291 g/mol. The van der Waals surface area contributed by atoms with Gasteiger partial charge in [0.05, 0.1) is 6.07 Å². The summed E-state index contributed by atoms with van der Waals surface area (Å²) >= 11 is 5.80. The first-order valence-electron chi connectivity index (χ1n) is 6.78. The van der Waals surface area contributed by atoms with Crippen LogP contribution >= 0.6 is 11.6 Å². The van der Waals surface area contributed by atoms with Crippen LogP contribution in [0.15, 0.2) is 24.3 Å². The molecule has 5 heteroatoms. The number of rotatable bonds is 4. The molecule has 1 aliphatic heterocycles. The second-order valence-corrected chi connectivity index (χ2v) is 5.14. The van der Waals surface area contributed by atoms with Crippen LogP contribution in [0.2, 0.25) is 0 Å². The van der Waals surface area contributed by atoms with Gasteiger partial charge in [-0.2, -0.15) is 5.26 Å². The Bertz CT molecular complexity index is 504. The number of amides is 1. The average molecular weight is 292 g/mol. The van der Waals surface area contributed by atoms with Crippen molar-refractivity contribution in [2.75, 3.05) is 32.7 Å². The van der Waals surface area contributed by atoms with Gasteiger partial charge in [-0.3, -0.25) is 9.69 Å². The van der Waals surface area contributed by atoms with Crippen LogP contribution in [0.5, 0.6) is 0 Å². The minimum atomic E-state index is 0.0666. The van der Waals surface area contributed by atoms with Crippen molar-refractivity contribution in [1.82, 2.24) is 9.80 Å². The van der Waals surface area contributed by atoms with Gasteiger partial charge in [-0.25, -0.2) is 0 Å². The summed E-state index contributed by atoms with van der Waals surface area (Å²) < 4.78 is 0. The van der Waals surface area contributed by atoms with E-state index in [4.69, 9.17) is 16.9 Å². The highest BCUT2D eigenvalue weighted by molar-refractivity contribution is 6.17. The maximum atomic E-state index is 12.4. The summed E-state index contributed by atoms with van der Waals surface area (Å²) in [4.78, 5) is 16.5. The van der Waals surface area contributed by atoms with E-state index < -0.39 is 0 Å². The molecule has 0 saturated carbocycles. The minimum Gasteiger partial charge on any atom is -0.336 e. The Morgan fingerprint density at radius 3 is 2.70 bits per heavy atom. The number of hydrogen-bond acceptors (Lipinski definition) is 3. The van der Waals surface area contributed by atoms with Gasteiger partial charge in [0, 0.05) is 50.6 Å². The van der Waals surface area contributed by atoms with Gasteiger partial charge in [0.2, 0.25) is 0 Å². The quantitative estimate of drug-likeness (QED) is 0.798. The van der Waals surface area contributed by atoms with Crippen molar-refractivity contribution in [1.29, 1.82) is 5.26 Å². The first-order chi connectivity index (χ1) is 9.74. The molecular weight excluding hydrogens is 274 g/mol. The lowest BCUT2D eigenvalue weighted by Crippen LogP contribution is -2.48. The second kappa shape index (κ2) is 7.28. The third kappa shape index (κ3) is 3.72. The fourth-order valence-corrected chi connectivity index (χ4v) is 2.52. The van der Waals surface area contributed by atoms with Crippen molar-refractivity contribution in [2.45, 2.75) is 12.3 Å². The highest BCUT2D eigenvalue weighted by Gasteiger charge is 2.21. The van der Waals surface area contributed by atoms with Gasteiger partial charge >= 0.3 is 0 Å². The van der Waals surface area contributed by atoms with Crippen molar-refractivity contribution < 1.29 is 4.79 Å². The van der Waals surface area contributed by atoms with Crippen molar-refractivity contribution in [2.24, 2.45) is 0 Å². The highest BCUT2D eigenvalue weighted by atomic mass is 35.5. The van der Waals surface area contributed by atoms with Crippen molar-refractivity contribution in [3.05, 3.63) is 35.4 Å². The lowest BCUT2D eigenvalue weighted by atomic mass is 10.1. The Kier molecular flexibility index (Phi) is 5.40. The molecule has 2 rings (SSSR count). The lowest BCUT2D eigenvalue weighted by molar-refractivity contribution is 0.0639. The van der Waals surface area contributed by atoms with E-state index in [2.05, 4.69) is 11.0 Å². The van der Waals surface area contributed by atoms with E-state index in [1.807, 2.05) is 29.2 Å². The van der Waals surface area contributed by atoms with E-state index in [9.17, 15) is 4.79 Å². The topological polar surface area (TPSA) is 47.3 Å². The molecule has 0 N–H and O–H groups in total. The van der Waals surface area contributed by atoms with E-state index in [0.29, 0.717) is 17.9 Å². The molecule has 0 spiro atoms. The summed E-state index contributed by atoms with van der Waals surface area (Å²) in [6.45, 7) is 3.90. The molecule has 1 amide bonds. The normalized spacial score (nSPS) is 15.9. The van der Waals surface area contributed by atoms with Crippen LogP contribution in [-0.4, -0.2) is 48.4 Å². The number of alkyl halides is 1. The van der Waals surface area contributed by atoms with Crippen molar-refractivity contribution >= 4 is 17.5 Å². The molecule has 1 fully saturated rings. The molecule has 106 valence electrons. The first kappa shape index (κ1) is 14.8. The van der Waals surface area contributed by atoms with E-state index in [-0.39, 0.29) is 5.91 Å². The maximum absolute atomic E-state index is 12.4. The fourth-order valence-electron chi connectivity index (χ4n) is 2.35. The number of piperazine rings is 1. The number of halogens is 1. The first-order valence-corrected chi connectivity index (χ1v) is 7.31. The Morgan fingerprint density at radius 2 is 2.05 bits per heavy atom. The smallest absolute Gasteiger partial charge is 0.253 e. The number of nitriles is 1. The molecule has 20 heavy (non-hydrogen) atoms. The summed E-state index contributed by atoms with van der Waals surface area (Å²) in [6, 6.07) is 9.63. The Morgan fingerprint density at radius 1 is 1.30 bits per heavy atom. The molecule has 1 saturated heterocycles. The third-order valence-electron chi connectivity index (χ3n) is 3.53. The van der Waals surface area contributed by atoms with Gasteiger partial charge in [-0.15, -0.1) is 11.6 Å². The molecule has 0 aliphatic carbocycles.